The molecule has 0 aliphatic carbocycles. The Labute approximate surface area is 216 Å². The van der Waals surface area contributed by atoms with Crippen molar-refractivity contribution in [2.75, 3.05) is 14.2 Å². The normalized spacial score (nSPS) is 14.0. The van der Waals surface area contributed by atoms with Gasteiger partial charge in [-0.25, -0.2) is 4.79 Å². The van der Waals surface area contributed by atoms with Crippen LogP contribution < -0.4 is 15.0 Å². The second kappa shape index (κ2) is 10.9. The number of nitrogens with zero attached hydrogens (tertiary/aromatic N) is 1. The van der Waals surface area contributed by atoms with Crippen LogP contribution in [0.1, 0.15) is 30.9 Å². The molecule has 3 aromatic rings. The fourth-order valence-corrected chi connectivity index (χ4v) is 4.35. The lowest BCUT2D eigenvalue weighted by Gasteiger charge is -2.37. The Morgan fingerprint density at radius 3 is 2.27 bits per heavy atom. The monoisotopic (exact) mass is 539 g/mol. The standard InChI is InChI=1S/C26H25ClF3NO6/c1-5-31-14-18(8-11-23(31)32)25(34,26(28,29)30)15(2)19-9-6-16(12-20(19)27)17-7-10-21(22(13-17)35-3)37-24(33)36-4/h6-15,34H,5H2,1-4H3. The number of hydrogen-bond acceptors (Lipinski definition) is 6. The zero-order chi connectivity index (χ0) is 27.5. The highest BCUT2D eigenvalue weighted by atomic mass is 35.5. The number of pyridine rings is 1. The van der Waals surface area contributed by atoms with Crippen molar-refractivity contribution in [3.8, 4) is 22.6 Å². The summed E-state index contributed by atoms with van der Waals surface area (Å²) in [4.78, 5) is 23.3. The number of rotatable bonds is 7. The maximum absolute atomic E-state index is 14.3. The van der Waals surface area contributed by atoms with Gasteiger partial charge in [-0.05, 0) is 47.9 Å². The summed E-state index contributed by atoms with van der Waals surface area (Å²) < 4.78 is 58.8. The Kier molecular flexibility index (Phi) is 8.24. The van der Waals surface area contributed by atoms with Gasteiger partial charge < -0.3 is 23.9 Å². The number of hydrogen-bond donors (Lipinski definition) is 1. The molecule has 2 unspecified atom stereocenters. The van der Waals surface area contributed by atoms with Gasteiger partial charge in [0.2, 0.25) is 0 Å². The fraction of sp³-hybridized carbons (Fsp3) is 0.308. The van der Waals surface area contributed by atoms with Crippen molar-refractivity contribution in [1.82, 2.24) is 4.57 Å². The van der Waals surface area contributed by atoms with Gasteiger partial charge in [-0.3, -0.25) is 4.79 Å². The first-order valence-electron chi connectivity index (χ1n) is 11.1. The van der Waals surface area contributed by atoms with Crippen molar-refractivity contribution in [2.24, 2.45) is 0 Å². The summed E-state index contributed by atoms with van der Waals surface area (Å²) in [6, 6.07) is 11.0. The van der Waals surface area contributed by atoms with Crippen molar-refractivity contribution in [3.63, 3.8) is 0 Å². The number of alkyl halides is 3. The van der Waals surface area contributed by atoms with Crippen molar-refractivity contribution >= 4 is 17.8 Å². The quantitative estimate of drug-likeness (QED) is 0.297. The van der Waals surface area contributed by atoms with Gasteiger partial charge in [0.25, 0.3) is 5.56 Å². The van der Waals surface area contributed by atoms with Crippen molar-refractivity contribution in [1.29, 1.82) is 0 Å². The van der Waals surface area contributed by atoms with Gasteiger partial charge in [0, 0.05) is 35.3 Å². The number of carbonyl (C=O) groups is 1. The van der Waals surface area contributed by atoms with E-state index in [4.69, 9.17) is 21.1 Å². The lowest BCUT2D eigenvalue weighted by atomic mass is 9.78. The maximum Gasteiger partial charge on any atom is 0.513 e. The van der Waals surface area contributed by atoms with Crippen LogP contribution in [0.15, 0.2) is 59.5 Å². The minimum atomic E-state index is -5.08. The molecule has 1 aromatic heterocycles. The summed E-state index contributed by atoms with van der Waals surface area (Å²) >= 11 is 6.44. The Bertz CT molecular complexity index is 1360. The molecular formula is C26H25ClF3NO6. The summed E-state index contributed by atoms with van der Waals surface area (Å²) in [5, 5.41) is 11.1. The molecule has 0 bridgehead atoms. The van der Waals surface area contributed by atoms with Crippen LogP contribution in [0.2, 0.25) is 5.02 Å². The summed E-state index contributed by atoms with van der Waals surface area (Å²) in [5.41, 5.74) is -3.10. The Morgan fingerprint density at radius 1 is 1.05 bits per heavy atom. The highest BCUT2D eigenvalue weighted by molar-refractivity contribution is 6.31. The van der Waals surface area contributed by atoms with E-state index in [2.05, 4.69) is 4.74 Å². The van der Waals surface area contributed by atoms with Gasteiger partial charge >= 0.3 is 12.3 Å². The Morgan fingerprint density at radius 2 is 1.70 bits per heavy atom. The molecule has 0 saturated heterocycles. The molecule has 0 fully saturated rings. The zero-order valence-electron chi connectivity index (χ0n) is 20.4. The van der Waals surface area contributed by atoms with Crippen LogP contribution in [-0.4, -0.2) is 36.2 Å². The van der Waals surface area contributed by atoms with E-state index in [1.807, 2.05) is 0 Å². The molecule has 2 aromatic carbocycles. The zero-order valence-corrected chi connectivity index (χ0v) is 21.2. The van der Waals surface area contributed by atoms with Crippen LogP contribution in [0.25, 0.3) is 11.1 Å². The minimum absolute atomic E-state index is 0.00894. The number of methoxy groups -OCH3 is 2. The highest BCUT2D eigenvalue weighted by Crippen LogP contribution is 2.50. The first-order chi connectivity index (χ1) is 17.4. The first kappa shape index (κ1) is 28.1. The first-order valence-corrected chi connectivity index (χ1v) is 11.5. The highest BCUT2D eigenvalue weighted by Gasteiger charge is 2.59. The molecule has 2 atom stereocenters. The van der Waals surface area contributed by atoms with Gasteiger partial charge in [-0.2, -0.15) is 13.2 Å². The largest absolute Gasteiger partial charge is 0.513 e. The van der Waals surface area contributed by atoms with Gasteiger partial charge in [0.15, 0.2) is 17.1 Å². The number of carbonyl (C=O) groups excluding carboxylic acids is 1. The molecule has 0 aliphatic heterocycles. The molecule has 11 heteroatoms. The Balaban J connectivity index is 2.04. The molecule has 7 nitrogen and oxygen atoms in total. The number of halogens is 4. The molecule has 1 N–H and O–H groups in total. The van der Waals surface area contributed by atoms with E-state index >= 15 is 0 Å². The molecular weight excluding hydrogens is 515 g/mol. The van der Waals surface area contributed by atoms with Crippen LogP contribution in [0.4, 0.5) is 18.0 Å². The minimum Gasteiger partial charge on any atom is -0.493 e. The summed E-state index contributed by atoms with van der Waals surface area (Å²) in [6.07, 6.45) is -4.99. The molecule has 0 amide bonds. The number of aliphatic hydroxyl groups is 1. The van der Waals surface area contributed by atoms with Gasteiger partial charge in [-0.15, -0.1) is 0 Å². The summed E-state index contributed by atoms with van der Waals surface area (Å²) in [5.74, 6) is -1.20. The second-order valence-electron chi connectivity index (χ2n) is 8.19. The van der Waals surface area contributed by atoms with E-state index in [0.717, 1.165) is 30.0 Å². The number of aryl methyl sites for hydroxylation is 1. The molecule has 0 aliphatic rings. The van der Waals surface area contributed by atoms with E-state index in [0.29, 0.717) is 11.1 Å². The van der Waals surface area contributed by atoms with Crippen molar-refractivity contribution in [3.05, 3.63) is 81.2 Å². The van der Waals surface area contributed by atoms with Crippen LogP contribution >= 0.6 is 11.6 Å². The third-order valence-corrected chi connectivity index (χ3v) is 6.47. The van der Waals surface area contributed by atoms with Gasteiger partial charge in [-0.1, -0.05) is 36.7 Å². The maximum atomic E-state index is 14.3. The molecule has 198 valence electrons. The predicted molar refractivity (Wildman–Crippen MR) is 131 cm³/mol. The van der Waals surface area contributed by atoms with E-state index in [1.54, 1.807) is 25.1 Å². The number of benzene rings is 2. The van der Waals surface area contributed by atoms with Crippen LogP contribution in [-0.2, 0) is 16.9 Å². The van der Waals surface area contributed by atoms with Crippen LogP contribution in [0, 0.1) is 0 Å². The summed E-state index contributed by atoms with van der Waals surface area (Å²) in [7, 11) is 2.54. The average molecular weight is 540 g/mol. The molecule has 0 radical (unpaired) electrons. The predicted octanol–water partition coefficient (Wildman–Crippen LogP) is 5.90. The lowest BCUT2D eigenvalue weighted by molar-refractivity contribution is -0.274. The molecule has 3 rings (SSSR count). The molecule has 0 saturated carbocycles. The van der Waals surface area contributed by atoms with E-state index in [1.165, 1.54) is 32.2 Å². The second-order valence-corrected chi connectivity index (χ2v) is 8.59. The molecule has 0 spiro atoms. The SMILES string of the molecule is CCn1cc(C(O)(C(C)c2ccc(-c3ccc(OC(=O)OC)c(OC)c3)cc2Cl)C(F)(F)F)ccc1=O. The third-order valence-electron chi connectivity index (χ3n) is 6.15. The van der Waals surface area contributed by atoms with E-state index in [9.17, 15) is 27.9 Å². The average Bonchev–Trinajstić information content (AvgIpc) is 2.87. The number of ether oxygens (including phenoxy) is 3. The molecule has 37 heavy (non-hydrogen) atoms. The van der Waals surface area contributed by atoms with Crippen molar-refractivity contribution < 1.29 is 37.3 Å². The van der Waals surface area contributed by atoms with Crippen LogP contribution in [0.3, 0.4) is 0 Å². The Hall–Kier alpha value is -3.50. The molecule has 1 heterocycles. The van der Waals surface area contributed by atoms with Crippen LogP contribution in [0.5, 0.6) is 11.5 Å². The van der Waals surface area contributed by atoms with E-state index < -0.39 is 35.0 Å². The van der Waals surface area contributed by atoms with Gasteiger partial charge in [0.05, 0.1) is 14.2 Å². The number of aromatic nitrogens is 1. The lowest BCUT2D eigenvalue weighted by Crippen LogP contribution is -2.47. The van der Waals surface area contributed by atoms with Gasteiger partial charge in [0.1, 0.15) is 0 Å². The summed E-state index contributed by atoms with van der Waals surface area (Å²) in [6.45, 7) is 2.97. The fourth-order valence-electron chi connectivity index (χ4n) is 4.01. The smallest absolute Gasteiger partial charge is 0.493 e. The van der Waals surface area contributed by atoms with E-state index in [-0.39, 0.29) is 28.6 Å². The topological polar surface area (TPSA) is 87.0 Å². The van der Waals surface area contributed by atoms with Crippen molar-refractivity contribution in [2.45, 2.75) is 38.1 Å². The third kappa shape index (κ3) is 5.45.